The van der Waals surface area contributed by atoms with Crippen LogP contribution in [0, 0.1) is 6.92 Å². The molecule has 86 valence electrons. The van der Waals surface area contributed by atoms with Gasteiger partial charge in [-0.15, -0.1) is 21.8 Å². The second kappa shape index (κ2) is 4.37. The predicted octanol–water partition coefficient (Wildman–Crippen LogP) is 2.55. The Kier molecular flexibility index (Phi) is 3.10. The molecule has 0 spiro atoms. The van der Waals surface area contributed by atoms with Gasteiger partial charge >= 0.3 is 0 Å². The summed E-state index contributed by atoms with van der Waals surface area (Å²) >= 11 is 6.26. The maximum atomic E-state index is 6.26. The molecule has 2 aromatic heterocycles. The third-order valence-corrected chi connectivity index (χ3v) is 3.58. The molecule has 2 unspecified atom stereocenters. The van der Waals surface area contributed by atoms with E-state index >= 15 is 0 Å². The van der Waals surface area contributed by atoms with Crippen LogP contribution < -0.4 is 0 Å². The Bertz CT molecular complexity index is 494. The molecule has 0 bridgehead atoms. The van der Waals surface area contributed by atoms with Crippen LogP contribution in [0.4, 0.5) is 0 Å². The predicted molar refractivity (Wildman–Crippen MR) is 63.9 cm³/mol. The van der Waals surface area contributed by atoms with Gasteiger partial charge in [0, 0.05) is 23.7 Å². The summed E-state index contributed by atoms with van der Waals surface area (Å²) in [5.41, 5.74) is 1.73. The topological polar surface area (TPSA) is 43.1 Å². The van der Waals surface area contributed by atoms with Crippen LogP contribution in [0.15, 0.2) is 12.4 Å². The van der Waals surface area contributed by atoms with Crippen molar-refractivity contribution < 1.29 is 0 Å². The maximum absolute atomic E-state index is 6.26. The van der Waals surface area contributed by atoms with E-state index in [0.29, 0.717) is 0 Å². The lowest BCUT2D eigenvalue weighted by molar-refractivity contribution is 0.656. The SMILES string of the molecule is CCC(Cl)C(C)c1nccn2c(C)nnc12. The zero-order valence-electron chi connectivity index (χ0n) is 9.68. The normalized spacial score (nSPS) is 15.2. The van der Waals surface area contributed by atoms with Gasteiger partial charge in [0.25, 0.3) is 0 Å². The Hall–Kier alpha value is -1.16. The molecule has 0 aliphatic carbocycles. The van der Waals surface area contributed by atoms with Crippen LogP contribution in [-0.4, -0.2) is 25.0 Å². The number of fused-ring (bicyclic) bond motifs is 1. The number of rotatable bonds is 3. The monoisotopic (exact) mass is 238 g/mol. The van der Waals surface area contributed by atoms with Crippen molar-refractivity contribution in [2.45, 2.75) is 38.5 Å². The largest absolute Gasteiger partial charge is 0.284 e. The van der Waals surface area contributed by atoms with Crippen molar-refractivity contribution in [3.63, 3.8) is 0 Å². The minimum atomic E-state index is 0.0794. The van der Waals surface area contributed by atoms with Gasteiger partial charge in [-0.1, -0.05) is 13.8 Å². The first-order valence-corrected chi connectivity index (χ1v) is 5.89. The fourth-order valence-electron chi connectivity index (χ4n) is 1.81. The highest BCUT2D eigenvalue weighted by atomic mass is 35.5. The molecule has 0 N–H and O–H groups in total. The van der Waals surface area contributed by atoms with E-state index in [1.54, 1.807) is 6.20 Å². The standard InChI is InChI=1S/C11H15ClN4/c1-4-9(12)7(2)10-11-15-14-8(3)16(11)6-5-13-10/h5-7,9H,4H2,1-3H3. The van der Waals surface area contributed by atoms with Crippen molar-refractivity contribution in [1.82, 2.24) is 19.6 Å². The van der Waals surface area contributed by atoms with Crippen molar-refractivity contribution in [2.24, 2.45) is 0 Å². The molecule has 5 heteroatoms. The molecular weight excluding hydrogens is 224 g/mol. The van der Waals surface area contributed by atoms with Crippen LogP contribution in [0.25, 0.3) is 5.65 Å². The quantitative estimate of drug-likeness (QED) is 0.772. The number of nitrogens with zero attached hydrogens (tertiary/aromatic N) is 4. The van der Waals surface area contributed by atoms with Gasteiger partial charge in [0.05, 0.1) is 5.69 Å². The number of halogens is 1. The van der Waals surface area contributed by atoms with E-state index in [4.69, 9.17) is 11.6 Å². The summed E-state index contributed by atoms with van der Waals surface area (Å²) < 4.78 is 1.94. The van der Waals surface area contributed by atoms with Gasteiger partial charge in [0.1, 0.15) is 5.82 Å². The van der Waals surface area contributed by atoms with Crippen molar-refractivity contribution >= 4 is 17.2 Å². The number of alkyl halides is 1. The lowest BCUT2D eigenvalue weighted by atomic mass is 10.0. The molecular formula is C11H15ClN4. The number of aromatic nitrogens is 4. The van der Waals surface area contributed by atoms with Crippen molar-refractivity contribution in [1.29, 1.82) is 0 Å². The molecule has 0 saturated heterocycles. The Morgan fingerprint density at radius 3 is 2.88 bits per heavy atom. The third kappa shape index (κ3) is 1.78. The van der Waals surface area contributed by atoms with Gasteiger partial charge in [-0.2, -0.15) is 0 Å². The molecule has 0 aromatic carbocycles. The molecule has 0 aliphatic heterocycles. The van der Waals surface area contributed by atoms with Gasteiger partial charge in [0.15, 0.2) is 5.65 Å². The summed E-state index contributed by atoms with van der Waals surface area (Å²) in [4.78, 5) is 4.38. The van der Waals surface area contributed by atoms with Crippen LogP contribution in [0.1, 0.15) is 37.7 Å². The summed E-state index contributed by atoms with van der Waals surface area (Å²) in [5, 5.41) is 8.28. The van der Waals surface area contributed by atoms with Gasteiger partial charge in [-0.05, 0) is 13.3 Å². The average Bonchev–Trinajstić information content (AvgIpc) is 2.69. The van der Waals surface area contributed by atoms with Gasteiger partial charge < -0.3 is 0 Å². The van der Waals surface area contributed by atoms with Gasteiger partial charge in [0.2, 0.25) is 0 Å². The molecule has 16 heavy (non-hydrogen) atoms. The molecule has 2 rings (SSSR count). The highest BCUT2D eigenvalue weighted by Gasteiger charge is 2.20. The average molecular weight is 239 g/mol. The molecule has 0 aliphatic rings. The van der Waals surface area contributed by atoms with E-state index < -0.39 is 0 Å². The maximum Gasteiger partial charge on any atom is 0.182 e. The van der Waals surface area contributed by atoms with E-state index in [9.17, 15) is 0 Å². The number of hydrogen-bond acceptors (Lipinski definition) is 3. The zero-order chi connectivity index (χ0) is 11.7. The highest BCUT2D eigenvalue weighted by molar-refractivity contribution is 6.21. The van der Waals surface area contributed by atoms with Crippen LogP contribution in [0.3, 0.4) is 0 Å². The van der Waals surface area contributed by atoms with E-state index in [1.807, 2.05) is 17.5 Å². The minimum Gasteiger partial charge on any atom is -0.284 e. The second-order valence-corrected chi connectivity index (χ2v) is 4.53. The number of aryl methyl sites for hydroxylation is 1. The van der Waals surface area contributed by atoms with Crippen LogP contribution in [0.5, 0.6) is 0 Å². The van der Waals surface area contributed by atoms with E-state index in [0.717, 1.165) is 23.6 Å². The van der Waals surface area contributed by atoms with Crippen molar-refractivity contribution in [2.75, 3.05) is 0 Å². The first kappa shape index (κ1) is 11.3. The van der Waals surface area contributed by atoms with Gasteiger partial charge in [-0.25, -0.2) is 0 Å². The lowest BCUT2D eigenvalue weighted by Gasteiger charge is -2.15. The number of hydrogen-bond donors (Lipinski definition) is 0. The summed E-state index contributed by atoms with van der Waals surface area (Å²) in [5.74, 6) is 1.05. The van der Waals surface area contributed by atoms with E-state index in [1.165, 1.54) is 0 Å². The molecule has 2 atom stereocenters. The van der Waals surface area contributed by atoms with Gasteiger partial charge in [-0.3, -0.25) is 9.38 Å². The second-order valence-electron chi connectivity index (χ2n) is 3.97. The van der Waals surface area contributed by atoms with Crippen LogP contribution in [0.2, 0.25) is 0 Å². The summed E-state index contributed by atoms with van der Waals surface area (Å²) in [7, 11) is 0. The molecule has 0 amide bonds. The van der Waals surface area contributed by atoms with Crippen LogP contribution in [-0.2, 0) is 0 Å². The Morgan fingerprint density at radius 2 is 2.19 bits per heavy atom. The Balaban J connectivity index is 2.52. The lowest BCUT2D eigenvalue weighted by Crippen LogP contribution is -2.11. The first-order chi connectivity index (χ1) is 7.65. The van der Waals surface area contributed by atoms with Crippen LogP contribution >= 0.6 is 11.6 Å². The first-order valence-electron chi connectivity index (χ1n) is 5.45. The highest BCUT2D eigenvalue weighted by Crippen LogP contribution is 2.26. The summed E-state index contributed by atoms with van der Waals surface area (Å²) in [6.45, 7) is 6.07. The molecule has 2 heterocycles. The fourth-order valence-corrected chi connectivity index (χ4v) is 1.93. The van der Waals surface area contributed by atoms with Crippen molar-refractivity contribution in [3.8, 4) is 0 Å². The smallest absolute Gasteiger partial charge is 0.182 e. The van der Waals surface area contributed by atoms with Crippen molar-refractivity contribution in [3.05, 3.63) is 23.9 Å². The fraction of sp³-hybridized carbons (Fsp3) is 0.545. The summed E-state index contributed by atoms with van der Waals surface area (Å²) in [6.07, 6.45) is 4.56. The molecule has 0 radical (unpaired) electrons. The Morgan fingerprint density at radius 1 is 1.44 bits per heavy atom. The van der Waals surface area contributed by atoms with E-state index in [-0.39, 0.29) is 11.3 Å². The van der Waals surface area contributed by atoms with E-state index in [2.05, 4.69) is 29.0 Å². The molecule has 2 aromatic rings. The zero-order valence-corrected chi connectivity index (χ0v) is 10.4. The molecule has 0 saturated carbocycles. The molecule has 4 nitrogen and oxygen atoms in total. The Labute approximate surface area is 99.7 Å². The summed E-state index contributed by atoms with van der Waals surface area (Å²) in [6, 6.07) is 0. The minimum absolute atomic E-state index is 0.0794. The molecule has 0 fully saturated rings. The third-order valence-electron chi connectivity index (χ3n) is 2.89.